The lowest BCUT2D eigenvalue weighted by Gasteiger charge is -2.27. The number of para-hydroxylation sites is 1. The highest BCUT2D eigenvalue weighted by Crippen LogP contribution is 2.36. The van der Waals surface area contributed by atoms with Crippen molar-refractivity contribution in [3.63, 3.8) is 0 Å². The summed E-state index contributed by atoms with van der Waals surface area (Å²) in [5.74, 6) is 1.43. The van der Waals surface area contributed by atoms with E-state index in [4.69, 9.17) is 9.84 Å². The van der Waals surface area contributed by atoms with E-state index >= 15 is 0 Å². The molecule has 1 aromatic carbocycles. The summed E-state index contributed by atoms with van der Waals surface area (Å²) in [6.07, 6.45) is 6.76. The SMILES string of the molecule is COCc1ccn2nc(C3CCCN3c3ncnc4nc[nH]c34)n(-c3ccccc3)c(=O)c12. The van der Waals surface area contributed by atoms with Crippen molar-refractivity contribution in [2.75, 3.05) is 18.6 Å². The van der Waals surface area contributed by atoms with Gasteiger partial charge in [-0.25, -0.2) is 19.5 Å². The molecule has 10 nitrogen and oxygen atoms in total. The topological polar surface area (TPSA) is 106 Å². The van der Waals surface area contributed by atoms with Crippen LogP contribution in [-0.4, -0.2) is 47.8 Å². The van der Waals surface area contributed by atoms with Crippen LogP contribution >= 0.6 is 0 Å². The second kappa shape index (κ2) is 7.82. The molecule has 1 fully saturated rings. The van der Waals surface area contributed by atoms with E-state index in [2.05, 4.69) is 24.8 Å². The number of ether oxygens (including phenoxy) is 1. The van der Waals surface area contributed by atoms with E-state index < -0.39 is 0 Å². The number of rotatable bonds is 5. The summed E-state index contributed by atoms with van der Waals surface area (Å²) in [5, 5.41) is 4.95. The largest absolute Gasteiger partial charge is 0.380 e. The number of methoxy groups -OCH3 is 1. The van der Waals surface area contributed by atoms with Gasteiger partial charge in [0.15, 0.2) is 17.3 Å². The molecule has 10 heteroatoms. The molecule has 1 saturated heterocycles. The third-order valence-corrected chi connectivity index (χ3v) is 6.14. The minimum absolute atomic E-state index is 0.121. The fourth-order valence-electron chi connectivity index (χ4n) is 4.72. The van der Waals surface area contributed by atoms with Crippen molar-refractivity contribution < 1.29 is 4.74 Å². The van der Waals surface area contributed by atoms with Gasteiger partial charge in [-0.1, -0.05) is 18.2 Å². The standard InChI is InChI=1S/C23H22N8O2/c1-33-12-15-9-11-30-19(15)23(32)31(16-6-3-2-4-7-16)21(28-30)17-8-5-10-29(17)22-18-20(25-13-24-18)26-14-27-22/h2-4,6-7,9,11,13-14,17H,5,8,10,12H2,1H3,(H,24,25,26,27). The number of hydrogen-bond acceptors (Lipinski definition) is 7. The molecule has 0 aliphatic carbocycles. The molecule has 5 aromatic rings. The maximum atomic E-state index is 13.9. The number of H-pyrrole nitrogens is 1. The Morgan fingerprint density at radius 1 is 1.15 bits per heavy atom. The van der Waals surface area contributed by atoms with Crippen LogP contribution in [0.15, 0.2) is 60.0 Å². The molecule has 33 heavy (non-hydrogen) atoms. The molecule has 0 spiro atoms. The minimum Gasteiger partial charge on any atom is -0.380 e. The Hall–Kier alpha value is -4.05. The third kappa shape index (κ3) is 3.10. The highest BCUT2D eigenvalue weighted by atomic mass is 16.5. The number of imidazole rings is 1. The van der Waals surface area contributed by atoms with Crippen molar-refractivity contribution in [1.82, 2.24) is 34.1 Å². The summed E-state index contributed by atoms with van der Waals surface area (Å²) in [4.78, 5) is 32.3. The summed E-state index contributed by atoms with van der Waals surface area (Å²) in [7, 11) is 1.62. The first kappa shape index (κ1) is 19.6. The summed E-state index contributed by atoms with van der Waals surface area (Å²) in [6, 6.07) is 11.4. The number of hydrogen-bond donors (Lipinski definition) is 1. The predicted molar refractivity (Wildman–Crippen MR) is 123 cm³/mol. The Kier molecular flexibility index (Phi) is 4.65. The van der Waals surface area contributed by atoms with E-state index in [1.807, 2.05) is 42.6 Å². The van der Waals surface area contributed by atoms with Crippen LogP contribution < -0.4 is 10.5 Å². The molecule has 1 aliphatic rings. The van der Waals surface area contributed by atoms with Crippen LogP contribution in [0.4, 0.5) is 5.82 Å². The average Bonchev–Trinajstić information content (AvgIpc) is 3.59. The summed E-state index contributed by atoms with van der Waals surface area (Å²) < 4.78 is 8.71. The van der Waals surface area contributed by atoms with Gasteiger partial charge in [0.1, 0.15) is 17.4 Å². The smallest absolute Gasteiger partial charge is 0.282 e. The molecular weight excluding hydrogens is 420 g/mol. The van der Waals surface area contributed by atoms with Crippen LogP contribution in [0.1, 0.15) is 30.3 Å². The monoisotopic (exact) mass is 442 g/mol. The molecule has 166 valence electrons. The number of anilines is 1. The molecular formula is C23H22N8O2. The molecule has 1 N–H and O–H groups in total. The number of nitrogens with zero attached hydrogens (tertiary/aromatic N) is 7. The molecule has 0 saturated carbocycles. The second-order valence-corrected chi connectivity index (χ2v) is 8.05. The summed E-state index contributed by atoms with van der Waals surface area (Å²) in [6.45, 7) is 1.13. The summed E-state index contributed by atoms with van der Waals surface area (Å²) in [5.41, 5.74) is 3.38. The van der Waals surface area contributed by atoms with Crippen molar-refractivity contribution in [3.8, 4) is 5.69 Å². The maximum Gasteiger partial charge on any atom is 0.282 e. The first-order chi connectivity index (χ1) is 16.3. The van der Waals surface area contributed by atoms with Crippen LogP contribution in [0.2, 0.25) is 0 Å². The van der Waals surface area contributed by atoms with Gasteiger partial charge in [-0.3, -0.25) is 9.36 Å². The number of aromatic amines is 1. The molecule has 4 aromatic heterocycles. The Labute approximate surface area is 188 Å². The van der Waals surface area contributed by atoms with Gasteiger partial charge in [-0.15, -0.1) is 0 Å². The normalized spacial score (nSPS) is 16.3. The molecule has 6 rings (SSSR count). The highest BCUT2D eigenvalue weighted by molar-refractivity contribution is 5.83. The lowest BCUT2D eigenvalue weighted by Crippen LogP contribution is -2.33. The lowest BCUT2D eigenvalue weighted by molar-refractivity contribution is 0.186. The van der Waals surface area contributed by atoms with Crippen molar-refractivity contribution in [1.29, 1.82) is 0 Å². The highest BCUT2D eigenvalue weighted by Gasteiger charge is 2.33. The van der Waals surface area contributed by atoms with Gasteiger partial charge in [0.25, 0.3) is 5.56 Å². The number of fused-ring (bicyclic) bond motifs is 2. The number of nitrogens with one attached hydrogen (secondary N) is 1. The number of benzene rings is 1. The Bertz CT molecular complexity index is 1500. The van der Waals surface area contributed by atoms with Crippen LogP contribution in [0.5, 0.6) is 0 Å². The van der Waals surface area contributed by atoms with E-state index in [1.165, 1.54) is 6.33 Å². The van der Waals surface area contributed by atoms with Gasteiger partial charge in [0.05, 0.1) is 24.7 Å². The van der Waals surface area contributed by atoms with E-state index in [0.29, 0.717) is 23.6 Å². The molecule has 1 atom stereocenters. The van der Waals surface area contributed by atoms with Gasteiger partial charge in [-0.05, 0) is 31.0 Å². The molecule has 1 aliphatic heterocycles. The molecule has 0 radical (unpaired) electrons. The van der Waals surface area contributed by atoms with E-state index in [9.17, 15) is 4.79 Å². The minimum atomic E-state index is -0.142. The van der Waals surface area contributed by atoms with Crippen LogP contribution in [0.25, 0.3) is 22.4 Å². The molecule has 5 heterocycles. The van der Waals surface area contributed by atoms with Crippen LogP contribution in [0, 0.1) is 0 Å². The van der Waals surface area contributed by atoms with Crippen LogP contribution in [0.3, 0.4) is 0 Å². The first-order valence-electron chi connectivity index (χ1n) is 10.8. The van der Waals surface area contributed by atoms with Gasteiger partial charge in [-0.2, -0.15) is 5.10 Å². The quantitative estimate of drug-likeness (QED) is 0.446. The molecule has 1 unspecified atom stereocenters. The van der Waals surface area contributed by atoms with Crippen molar-refractivity contribution in [2.45, 2.75) is 25.5 Å². The summed E-state index contributed by atoms with van der Waals surface area (Å²) >= 11 is 0. The van der Waals surface area contributed by atoms with Crippen molar-refractivity contribution in [2.24, 2.45) is 0 Å². The average molecular weight is 442 g/mol. The van der Waals surface area contributed by atoms with E-state index in [0.717, 1.165) is 42.0 Å². The van der Waals surface area contributed by atoms with Gasteiger partial charge >= 0.3 is 0 Å². The Balaban J connectivity index is 1.58. The second-order valence-electron chi connectivity index (χ2n) is 8.05. The van der Waals surface area contributed by atoms with E-state index in [-0.39, 0.29) is 11.6 Å². The van der Waals surface area contributed by atoms with Gasteiger partial charge in [0, 0.05) is 25.4 Å². The van der Waals surface area contributed by atoms with Gasteiger partial charge in [0.2, 0.25) is 0 Å². The van der Waals surface area contributed by atoms with Crippen molar-refractivity contribution >= 4 is 22.5 Å². The zero-order valence-electron chi connectivity index (χ0n) is 18.0. The zero-order valence-corrected chi connectivity index (χ0v) is 18.0. The fourth-order valence-corrected chi connectivity index (χ4v) is 4.72. The number of aromatic nitrogens is 7. The zero-order chi connectivity index (χ0) is 22.4. The van der Waals surface area contributed by atoms with Gasteiger partial charge < -0.3 is 14.6 Å². The Morgan fingerprint density at radius 3 is 2.88 bits per heavy atom. The molecule has 0 amide bonds. The lowest BCUT2D eigenvalue weighted by atomic mass is 10.2. The van der Waals surface area contributed by atoms with Crippen molar-refractivity contribution in [3.05, 3.63) is 77.0 Å². The molecule has 0 bridgehead atoms. The fraction of sp³-hybridized carbons (Fsp3) is 0.261. The maximum absolute atomic E-state index is 13.9. The van der Waals surface area contributed by atoms with Crippen LogP contribution in [-0.2, 0) is 11.3 Å². The Morgan fingerprint density at radius 2 is 2.03 bits per heavy atom. The first-order valence-corrected chi connectivity index (χ1v) is 10.8. The third-order valence-electron chi connectivity index (χ3n) is 6.14. The predicted octanol–water partition coefficient (Wildman–Crippen LogP) is 2.64. The van der Waals surface area contributed by atoms with E-state index in [1.54, 1.807) is 22.5 Å².